The fraction of sp³-hybridized carbons (Fsp3) is 0.333. The van der Waals surface area contributed by atoms with Crippen LogP contribution in [0.1, 0.15) is 27.2 Å². The van der Waals surface area contributed by atoms with Gasteiger partial charge < -0.3 is 5.11 Å². The van der Waals surface area contributed by atoms with Crippen molar-refractivity contribution >= 4 is 0 Å². The van der Waals surface area contributed by atoms with Crippen LogP contribution in [-0.4, -0.2) is 10.7 Å². The zero-order valence-corrected chi connectivity index (χ0v) is 13.4. The molecule has 0 fully saturated rings. The second-order valence-corrected chi connectivity index (χ2v) is 5.26. The van der Waals surface area contributed by atoms with Crippen molar-refractivity contribution in [3.63, 3.8) is 0 Å². The minimum atomic E-state index is -0.870. The van der Waals surface area contributed by atoms with Crippen LogP contribution in [-0.2, 0) is 17.1 Å². The topological polar surface area (TPSA) is 20.2 Å². The van der Waals surface area contributed by atoms with Crippen LogP contribution in [0.2, 0.25) is 0 Å². The van der Waals surface area contributed by atoms with Gasteiger partial charge in [0.2, 0.25) is 0 Å². The molecule has 1 unspecified atom stereocenters. The standard InChI is InChI=1S/C13H17O.C5H5.Fe/c1-11(2)10-13(3,14)9-8-12-6-4-5-7-12;1-2-4-5-3-1;/h4-7,11,14H,10H2,1-3H3;1-5H;. The summed E-state index contributed by atoms with van der Waals surface area (Å²) in [6.07, 6.45) is 18.5. The number of aliphatic hydroxyl groups is 1. The normalized spacial score (nSPS) is 17.6. The molecule has 0 aromatic rings. The third-order valence-corrected chi connectivity index (χ3v) is 2.50. The first kappa shape index (κ1) is 19.0. The molecule has 1 nitrogen and oxygen atoms in total. The Morgan fingerprint density at radius 1 is 1.10 bits per heavy atom. The summed E-state index contributed by atoms with van der Waals surface area (Å²) in [6, 6.07) is 0. The van der Waals surface area contributed by atoms with Crippen LogP contribution in [0.5, 0.6) is 0 Å². The number of rotatable bonds is 2. The van der Waals surface area contributed by atoms with Crippen molar-refractivity contribution in [2.24, 2.45) is 5.92 Å². The van der Waals surface area contributed by atoms with E-state index in [1.807, 2.05) is 55.4 Å². The maximum Gasteiger partial charge on any atom is 0.123 e. The van der Waals surface area contributed by atoms with Gasteiger partial charge in [0.15, 0.2) is 0 Å². The van der Waals surface area contributed by atoms with Crippen LogP contribution < -0.4 is 0 Å². The van der Waals surface area contributed by atoms with Gasteiger partial charge in [0.05, 0.1) is 0 Å². The smallest absolute Gasteiger partial charge is 0.123 e. The first-order valence-corrected chi connectivity index (χ1v) is 6.63. The molecule has 108 valence electrons. The molecule has 2 heteroatoms. The van der Waals surface area contributed by atoms with Gasteiger partial charge in [0.25, 0.3) is 0 Å². The van der Waals surface area contributed by atoms with Crippen molar-refractivity contribution < 1.29 is 22.2 Å². The minimum Gasteiger partial charge on any atom is -0.378 e. The molecule has 2 radical (unpaired) electrons. The first-order chi connectivity index (χ1) is 8.99. The van der Waals surface area contributed by atoms with E-state index >= 15 is 0 Å². The Bertz CT molecular complexity index is 444. The van der Waals surface area contributed by atoms with Crippen molar-refractivity contribution in [3.05, 3.63) is 60.9 Å². The van der Waals surface area contributed by atoms with Crippen LogP contribution >= 0.6 is 0 Å². The molecular weight excluding hydrogens is 288 g/mol. The second-order valence-electron chi connectivity index (χ2n) is 5.26. The van der Waals surface area contributed by atoms with E-state index in [-0.39, 0.29) is 17.1 Å². The second kappa shape index (κ2) is 9.83. The van der Waals surface area contributed by atoms with Crippen LogP contribution in [0.4, 0.5) is 0 Å². The van der Waals surface area contributed by atoms with Crippen molar-refractivity contribution in [1.29, 1.82) is 0 Å². The summed E-state index contributed by atoms with van der Waals surface area (Å²) in [6.45, 7) is 5.93. The number of hydrogen-bond acceptors (Lipinski definition) is 1. The Kier molecular flexibility index (Phi) is 9.34. The quantitative estimate of drug-likeness (QED) is 0.607. The van der Waals surface area contributed by atoms with E-state index in [4.69, 9.17) is 0 Å². The van der Waals surface area contributed by atoms with Gasteiger partial charge >= 0.3 is 0 Å². The fourth-order valence-electron chi connectivity index (χ4n) is 1.83. The molecule has 0 aromatic carbocycles. The average Bonchev–Trinajstić information content (AvgIpc) is 3.01. The summed E-state index contributed by atoms with van der Waals surface area (Å²) >= 11 is 0. The predicted octanol–water partition coefficient (Wildman–Crippen LogP) is 3.80. The van der Waals surface area contributed by atoms with Crippen LogP contribution in [0.15, 0.2) is 48.1 Å². The SMILES string of the molecule is CC(C)CC(C)(O)C#CC1=C[CH]C=C1.[CH]1C=CC=C1.[Fe]. The molecule has 0 amide bonds. The van der Waals surface area contributed by atoms with Gasteiger partial charge in [0, 0.05) is 35.5 Å². The van der Waals surface area contributed by atoms with Crippen LogP contribution in [0, 0.1) is 30.6 Å². The van der Waals surface area contributed by atoms with E-state index in [1.165, 1.54) is 0 Å². The van der Waals surface area contributed by atoms with E-state index in [0.29, 0.717) is 12.3 Å². The van der Waals surface area contributed by atoms with Crippen LogP contribution in [0.25, 0.3) is 0 Å². The summed E-state index contributed by atoms with van der Waals surface area (Å²) in [5.41, 5.74) is 0.0971. The van der Waals surface area contributed by atoms with Crippen LogP contribution in [0.3, 0.4) is 0 Å². The van der Waals surface area contributed by atoms with E-state index in [9.17, 15) is 5.11 Å². The third-order valence-electron chi connectivity index (χ3n) is 2.50. The molecular formula is C18H22FeO. The summed E-state index contributed by atoms with van der Waals surface area (Å²) in [7, 11) is 0. The minimum absolute atomic E-state index is 0. The van der Waals surface area contributed by atoms with Crippen molar-refractivity contribution in [1.82, 2.24) is 0 Å². The number of hydrogen-bond donors (Lipinski definition) is 1. The summed E-state index contributed by atoms with van der Waals surface area (Å²) in [5, 5.41) is 9.91. The molecule has 2 rings (SSSR count). The van der Waals surface area contributed by atoms with E-state index in [2.05, 4.69) is 25.7 Å². The maximum absolute atomic E-state index is 9.91. The molecule has 0 saturated heterocycles. The van der Waals surface area contributed by atoms with E-state index in [0.717, 1.165) is 5.57 Å². The summed E-state index contributed by atoms with van der Waals surface area (Å²) in [5.74, 6) is 6.33. The van der Waals surface area contributed by atoms with Gasteiger partial charge in [-0.2, -0.15) is 0 Å². The monoisotopic (exact) mass is 310 g/mol. The fourth-order valence-corrected chi connectivity index (χ4v) is 1.83. The van der Waals surface area contributed by atoms with Gasteiger partial charge in [0.1, 0.15) is 5.60 Å². The van der Waals surface area contributed by atoms with E-state index < -0.39 is 5.60 Å². The Labute approximate surface area is 134 Å². The molecule has 1 N–H and O–H groups in total. The molecule has 0 saturated carbocycles. The molecule has 1 atom stereocenters. The average molecular weight is 310 g/mol. The molecule has 0 spiro atoms. The summed E-state index contributed by atoms with van der Waals surface area (Å²) < 4.78 is 0. The van der Waals surface area contributed by atoms with Crippen molar-refractivity contribution in [2.45, 2.75) is 32.8 Å². The molecule has 2 aliphatic rings. The third kappa shape index (κ3) is 8.99. The molecule has 0 aromatic heterocycles. The Hall–Kier alpha value is -1.00. The zero-order valence-electron chi connectivity index (χ0n) is 12.3. The Morgan fingerprint density at radius 3 is 2.15 bits per heavy atom. The summed E-state index contributed by atoms with van der Waals surface area (Å²) in [4.78, 5) is 0. The first-order valence-electron chi connectivity index (χ1n) is 6.63. The Morgan fingerprint density at radius 2 is 1.75 bits per heavy atom. The zero-order chi connectivity index (χ0) is 14.1. The van der Waals surface area contributed by atoms with Gasteiger partial charge in [-0.25, -0.2) is 0 Å². The van der Waals surface area contributed by atoms with Gasteiger partial charge in [-0.3, -0.25) is 0 Å². The van der Waals surface area contributed by atoms with Gasteiger partial charge in [-0.05, 0) is 19.3 Å². The Balaban J connectivity index is 0.000000507. The van der Waals surface area contributed by atoms with E-state index in [1.54, 1.807) is 6.92 Å². The van der Waals surface area contributed by atoms with Crippen molar-refractivity contribution in [3.8, 4) is 11.8 Å². The van der Waals surface area contributed by atoms with Crippen molar-refractivity contribution in [2.75, 3.05) is 0 Å². The molecule has 2 aliphatic carbocycles. The van der Waals surface area contributed by atoms with Gasteiger partial charge in [-0.1, -0.05) is 68.2 Å². The predicted molar refractivity (Wildman–Crippen MR) is 82.0 cm³/mol. The maximum atomic E-state index is 9.91. The molecule has 0 heterocycles. The molecule has 20 heavy (non-hydrogen) atoms. The van der Waals surface area contributed by atoms with Gasteiger partial charge in [-0.15, -0.1) is 0 Å². The largest absolute Gasteiger partial charge is 0.378 e. The molecule has 0 bridgehead atoms. The molecule has 0 aliphatic heterocycles. The number of allylic oxidation sites excluding steroid dienone is 8.